The number of para-hydroxylation sites is 1. The van der Waals surface area contributed by atoms with Gasteiger partial charge in [0.25, 0.3) is 0 Å². The van der Waals surface area contributed by atoms with Gasteiger partial charge < -0.3 is 4.74 Å². The van der Waals surface area contributed by atoms with Crippen LogP contribution in [0.3, 0.4) is 0 Å². The molecule has 0 saturated carbocycles. The minimum absolute atomic E-state index is 0.224. The minimum Gasteiger partial charge on any atom is -0.455 e. The molecule has 0 aliphatic carbocycles. The summed E-state index contributed by atoms with van der Waals surface area (Å²) >= 11 is 24.4. The van der Waals surface area contributed by atoms with Gasteiger partial charge in [0.1, 0.15) is 10.8 Å². The lowest BCUT2D eigenvalue weighted by atomic mass is 10.0. The zero-order chi connectivity index (χ0) is 12.9. The summed E-state index contributed by atoms with van der Waals surface area (Å²) in [4.78, 5) is 0. The quantitative estimate of drug-likeness (QED) is 0.365. The highest BCUT2D eigenvalue weighted by atomic mass is 35.5. The largest absolute Gasteiger partial charge is 0.455 e. The predicted molar refractivity (Wildman–Crippen MR) is 75.8 cm³/mol. The van der Waals surface area contributed by atoms with Crippen molar-refractivity contribution in [3.8, 4) is 11.5 Å². The van der Waals surface area contributed by atoms with E-state index in [1.54, 1.807) is 0 Å². The fourth-order valence-corrected chi connectivity index (χ4v) is 2.95. The predicted octanol–water partition coefficient (Wildman–Crippen LogP) is 6.00. The highest BCUT2D eigenvalue weighted by molar-refractivity contribution is 6.52. The van der Waals surface area contributed by atoms with E-state index in [9.17, 15) is 0 Å². The van der Waals surface area contributed by atoms with Crippen LogP contribution in [0.2, 0.25) is 20.1 Å². The molecule has 0 unspecified atom stereocenters. The van der Waals surface area contributed by atoms with Gasteiger partial charge in [0.15, 0.2) is 5.75 Å². The molecule has 0 aromatic heterocycles. The Hall–Kier alpha value is -0.600. The van der Waals surface area contributed by atoms with E-state index in [1.165, 1.54) is 0 Å². The van der Waals surface area contributed by atoms with Crippen LogP contribution in [0.4, 0.5) is 0 Å². The Kier molecular flexibility index (Phi) is 3.11. The van der Waals surface area contributed by atoms with Gasteiger partial charge in [-0.2, -0.15) is 0 Å². The average molecular weight is 320 g/mol. The molecule has 1 nitrogen and oxygen atoms in total. The van der Waals surface area contributed by atoms with E-state index in [0.29, 0.717) is 22.2 Å². The number of fused-ring (bicyclic) bond motifs is 2. The number of hydrogen-bond acceptors (Lipinski definition) is 1. The summed E-state index contributed by atoms with van der Waals surface area (Å²) in [6, 6.07) is 7.70. The third kappa shape index (κ3) is 1.78. The van der Waals surface area contributed by atoms with Gasteiger partial charge in [-0.25, -0.2) is 0 Å². The van der Waals surface area contributed by atoms with Crippen LogP contribution in [-0.4, -0.2) is 0 Å². The zero-order valence-electron chi connectivity index (χ0n) is 8.94. The van der Waals surface area contributed by atoms with Gasteiger partial charge >= 0.3 is 0 Å². The lowest BCUT2D eigenvalue weighted by Gasteiger charge is -2.23. The summed E-state index contributed by atoms with van der Waals surface area (Å²) in [5, 5.41) is 1.19. The maximum Gasteiger partial charge on any atom is 0.152 e. The molecule has 0 atom stereocenters. The molecule has 1 aliphatic rings. The molecular weight excluding hydrogens is 314 g/mol. The van der Waals surface area contributed by atoms with E-state index in [0.717, 1.165) is 16.9 Å². The Morgan fingerprint density at radius 2 is 1.50 bits per heavy atom. The van der Waals surface area contributed by atoms with Gasteiger partial charge in [0, 0.05) is 12.0 Å². The number of ether oxygens (including phenoxy) is 1. The molecule has 0 bridgehead atoms. The second-order valence-corrected chi connectivity index (χ2v) is 5.46. The molecule has 1 aliphatic heterocycles. The van der Waals surface area contributed by atoms with E-state index >= 15 is 0 Å². The summed E-state index contributed by atoms with van der Waals surface area (Å²) in [6.07, 6.45) is 0.626. The SMILES string of the molecule is Clc1c(Cl)c(Cl)c2c(c1Cl)Cc1ccccc1O2. The van der Waals surface area contributed by atoms with E-state index in [-0.39, 0.29) is 10.0 Å². The third-order valence-corrected chi connectivity index (χ3v) is 4.69. The fraction of sp³-hybridized carbons (Fsp3) is 0.0769. The highest BCUT2D eigenvalue weighted by Gasteiger charge is 2.26. The van der Waals surface area contributed by atoms with Crippen molar-refractivity contribution in [2.45, 2.75) is 6.42 Å². The van der Waals surface area contributed by atoms with Crippen molar-refractivity contribution < 1.29 is 4.74 Å². The van der Waals surface area contributed by atoms with Gasteiger partial charge in [0.2, 0.25) is 0 Å². The molecule has 0 fully saturated rings. The lowest BCUT2D eigenvalue weighted by molar-refractivity contribution is 0.460. The maximum atomic E-state index is 6.20. The summed E-state index contributed by atoms with van der Waals surface area (Å²) in [5.74, 6) is 1.26. The van der Waals surface area contributed by atoms with Crippen molar-refractivity contribution in [3.05, 3.63) is 55.5 Å². The molecular formula is C13H6Cl4O. The maximum absolute atomic E-state index is 6.20. The molecule has 0 saturated heterocycles. The second-order valence-electron chi connectivity index (χ2n) is 3.95. The first-order valence-corrected chi connectivity index (χ1v) is 6.71. The standard InChI is InChI=1S/C13H6Cl4O/c14-9-7-5-6-3-1-2-4-8(6)18-13(7)12(17)11(16)10(9)15/h1-4H,5H2. The zero-order valence-corrected chi connectivity index (χ0v) is 12.0. The minimum atomic E-state index is 0.224. The van der Waals surface area contributed by atoms with Gasteiger partial charge in [-0.1, -0.05) is 64.6 Å². The van der Waals surface area contributed by atoms with Crippen molar-refractivity contribution in [1.82, 2.24) is 0 Å². The van der Waals surface area contributed by atoms with Crippen LogP contribution in [0.15, 0.2) is 24.3 Å². The summed E-state index contributed by atoms with van der Waals surface area (Å²) in [6.45, 7) is 0. The van der Waals surface area contributed by atoms with Crippen LogP contribution in [0, 0.1) is 0 Å². The Morgan fingerprint density at radius 3 is 2.28 bits per heavy atom. The first kappa shape index (κ1) is 12.4. The van der Waals surface area contributed by atoms with Crippen molar-refractivity contribution >= 4 is 46.4 Å². The molecule has 2 aromatic rings. The van der Waals surface area contributed by atoms with E-state index in [1.807, 2.05) is 24.3 Å². The highest BCUT2D eigenvalue weighted by Crippen LogP contribution is 2.50. The van der Waals surface area contributed by atoms with Crippen LogP contribution in [0.25, 0.3) is 0 Å². The van der Waals surface area contributed by atoms with Gasteiger partial charge in [-0.05, 0) is 11.6 Å². The Morgan fingerprint density at radius 1 is 0.833 bits per heavy atom. The molecule has 0 N–H and O–H groups in total. The first-order chi connectivity index (χ1) is 8.59. The van der Waals surface area contributed by atoms with E-state index < -0.39 is 0 Å². The molecule has 18 heavy (non-hydrogen) atoms. The smallest absolute Gasteiger partial charge is 0.152 e. The van der Waals surface area contributed by atoms with Crippen LogP contribution >= 0.6 is 46.4 Å². The van der Waals surface area contributed by atoms with Crippen LogP contribution < -0.4 is 4.74 Å². The molecule has 0 radical (unpaired) electrons. The Bertz CT molecular complexity index is 596. The van der Waals surface area contributed by atoms with Crippen molar-refractivity contribution in [1.29, 1.82) is 0 Å². The van der Waals surface area contributed by atoms with Crippen molar-refractivity contribution in [2.24, 2.45) is 0 Å². The Labute approximate surface area is 124 Å². The number of rotatable bonds is 0. The normalized spacial score (nSPS) is 12.7. The molecule has 2 aromatic carbocycles. The topological polar surface area (TPSA) is 9.23 Å². The molecule has 5 heteroatoms. The summed E-state index contributed by atoms with van der Waals surface area (Å²) < 4.78 is 5.77. The summed E-state index contributed by atoms with van der Waals surface area (Å²) in [5.41, 5.74) is 1.82. The van der Waals surface area contributed by atoms with Crippen molar-refractivity contribution in [3.63, 3.8) is 0 Å². The number of benzene rings is 2. The second kappa shape index (κ2) is 4.50. The van der Waals surface area contributed by atoms with Gasteiger partial charge in [-0.3, -0.25) is 0 Å². The fourth-order valence-electron chi connectivity index (χ4n) is 1.97. The van der Waals surface area contributed by atoms with Gasteiger partial charge in [0.05, 0.1) is 15.1 Å². The number of hydrogen-bond donors (Lipinski definition) is 0. The molecule has 0 spiro atoms. The third-order valence-electron chi connectivity index (χ3n) is 2.87. The lowest BCUT2D eigenvalue weighted by Crippen LogP contribution is -2.04. The summed E-state index contributed by atoms with van der Waals surface area (Å²) in [7, 11) is 0. The van der Waals surface area contributed by atoms with Gasteiger partial charge in [-0.15, -0.1) is 0 Å². The van der Waals surface area contributed by atoms with Crippen LogP contribution in [0.5, 0.6) is 11.5 Å². The van der Waals surface area contributed by atoms with Crippen LogP contribution in [0.1, 0.15) is 11.1 Å². The van der Waals surface area contributed by atoms with Crippen molar-refractivity contribution in [2.75, 3.05) is 0 Å². The van der Waals surface area contributed by atoms with E-state index in [4.69, 9.17) is 51.1 Å². The monoisotopic (exact) mass is 318 g/mol. The Balaban J connectivity index is 2.25. The molecule has 3 rings (SSSR count). The molecule has 1 heterocycles. The molecule has 92 valence electrons. The first-order valence-electron chi connectivity index (χ1n) is 5.20. The average Bonchev–Trinajstić information content (AvgIpc) is 2.41. The van der Waals surface area contributed by atoms with E-state index in [2.05, 4.69) is 0 Å². The van der Waals surface area contributed by atoms with Crippen LogP contribution in [-0.2, 0) is 6.42 Å². The molecule has 0 amide bonds. The number of halogens is 4.